The molecule has 0 bridgehead atoms. The molecule has 5 heteroatoms. The van der Waals surface area contributed by atoms with Gasteiger partial charge in [0.15, 0.2) is 17.4 Å². The standard InChI is InChI=1S/C27H21FN2O2/c1-18-13-21(20-5-4-12-29-15-20)14-22-17-30(27(31)26(18)22)16-19-8-10-23(11-9-19)32-25-7-3-2-6-24(25)28/h2-15,17,31H,16H2,1H3. The van der Waals surface area contributed by atoms with E-state index in [1.54, 1.807) is 36.5 Å². The van der Waals surface area contributed by atoms with E-state index < -0.39 is 5.82 Å². The number of rotatable bonds is 5. The van der Waals surface area contributed by atoms with Crippen molar-refractivity contribution in [2.24, 2.45) is 0 Å². The van der Waals surface area contributed by atoms with E-state index >= 15 is 0 Å². The molecule has 0 fully saturated rings. The van der Waals surface area contributed by atoms with Crippen molar-refractivity contribution in [2.45, 2.75) is 13.5 Å². The minimum absolute atomic E-state index is 0.189. The Morgan fingerprint density at radius 2 is 1.78 bits per heavy atom. The van der Waals surface area contributed by atoms with Crippen LogP contribution in [-0.4, -0.2) is 14.7 Å². The highest BCUT2D eigenvalue weighted by Crippen LogP contribution is 2.35. The number of para-hydroxylation sites is 1. The Labute approximate surface area is 185 Å². The summed E-state index contributed by atoms with van der Waals surface area (Å²) in [5, 5.41) is 12.7. The first-order valence-corrected chi connectivity index (χ1v) is 10.3. The molecular weight excluding hydrogens is 403 g/mol. The molecule has 0 saturated heterocycles. The van der Waals surface area contributed by atoms with Gasteiger partial charge >= 0.3 is 0 Å². The zero-order valence-electron chi connectivity index (χ0n) is 17.5. The highest BCUT2D eigenvalue weighted by Gasteiger charge is 2.13. The van der Waals surface area contributed by atoms with Crippen LogP contribution in [0.25, 0.3) is 21.9 Å². The Kier molecular flexibility index (Phi) is 5.07. The molecule has 0 unspecified atom stereocenters. The van der Waals surface area contributed by atoms with Gasteiger partial charge in [0.25, 0.3) is 0 Å². The van der Waals surface area contributed by atoms with E-state index in [1.807, 2.05) is 48.1 Å². The SMILES string of the molecule is Cc1cc(-c2cccnc2)cc2cn(Cc3ccc(Oc4ccccc4F)cc3)c(O)c12. The molecule has 0 aliphatic heterocycles. The quantitative estimate of drug-likeness (QED) is 0.342. The molecule has 0 aliphatic carbocycles. The molecule has 2 heterocycles. The fraction of sp³-hybridized carbons (Fsp3) is 0.0741. The zero-order chi connectivity index (χ0) is 22.1. The summed E-state index contributed by atoms with van der Waals surface area (Å²) < 4.78 is 21.2. The third kappa shape index (κ3) is 3.81. The molecule has 0 atom stereocenters. The van der Waals surface area contributed by atoms with Crippen molar-refractivity contribution in [2.75, 3.05) is 0 Å². The van der Waals surface area contributed by atoms with Crippen LogP contribution in [0.1, 0.15) is 11.1 Å². The minimum atomic E-state index is -0.401. The van der Waals surface area contributed by atoms with Crippen LogP contribution in [0.3, 0.4) is 0 Å². The number of halogens is 1. The summed E-state index contributed by atoms with van der Waals surface area (Å²) in [6, 6.07) is 21.8. The molecule has 5 rings (SSSR count). The maximum absolute atomic E-state index is 13.8. The molecule has 2 aromatic heterocycles. The second kappa shape index (κ2) is 8.19. The van der Waals surface area contributed by atoms with Gasteiger partial charge in [-0.3, -0.25) is 4.98 Å². The zero-order valence-corrected chi connectivity index (χ0v) is 17.5. The largest absolute Gasteiger partial charge is 0.494 e. The Morgan fingerprint density at radius 3 is 2.53 bits per heavy atom. The van der Waals surface area contributed by atoms with Gasteiger partial charge in [0.2, 0.25) is 0 Å². The summed E-state index contributed by atoms with van der Waals surface area (Å²) in [5.74, 6) is 0.579. The monoisotopic (exact) mass is 424 g/mol. The fourth-order valence-electron chi connectivity index (χ4n) is 3.93. The minimum Gasteiger partial charge on any atom is -0.494 e. The second-order valence-electron chi connectivity index (χ2n) is 7.76. The number of aromatic hydroxyl groups is 1. The van der Waals surface area contributed by atoms with Crippen LogP contribution in [0, 0.1) is 12.7 Å². The van der Waals surface area contributed by atoms with Crippen molar-refractivity contribution in [1.82, 2.24) is 9.55 Å². The summed E-state index contributed by atoms with van der Waals surface area (Å²) in [7, 11) is 0. The number of nitrogens with zero attached hydrogens (tertiary/aromatic N) is 2. The van der Waals surface area contributed by atoms with E-state index in [-0.39, 0.29) is 11.6 Å². The fourth-order valence-corrected chi connectivity index (χ4v) is 3.93. The van der Waals surface area contributed by atoms with E-state index in [1.165, 1.54) is 6.07 Å². The molecule has 4 nitrogen and oxygen atoms in total. The van der Waals surface area contributed by atoms with E-state index in [4.69, 9.17) is 4.74 Å². The van der Waals surface area contributed by atoms with Crippen molar-refractivity contribution < 1.29 is 14.2 Å². The molecule has 158 valence electrons. The number of aromatic nitrogens is 2. The third-order valence-corrected chi connectivity index (χ3v) is 5.49. The topological polar surface area (TPSA) is 47.3 Å². The molecule has 5 aromatic rings. The van der Waals surface area contributed by atoms with Crippen LogP contribution in [0.2, 0.25) is 0 Å². The lowest BCUT2D eigenvalue weighted by Crippen LogP contribution is -1.97. The second-order valence-corrected chi connectivity index (χ2v) is 7.76. The van der Waals surface area contributed by atoms with Crippen LogP contribution in [0.4, 0.5) is 4.39 Å². The predicted octanol–water partition coefficient (Wildman–Crippen LogP) is 6.70. The van der Waals surface area contributed by atoms with Crippen LogP contribution in [-0.2, 0) is 6.54 Å². The molecule has 0 amide bonds. The normalized spacial score (nSPS) is 11.1. The van der Waals surface area contributed by atoms with Crippen LogP contribution in [0.15, 0.2) is 91.4 Å². The van der Waals surface area contributed by atoms with Crippen molar-refractivity contribution in [3.63, 3.8) is 0 Å². The highest BCUT2D eigenvalue weighted by atomic mass is 19.1. The van der Waals surface area contributed by atoms with Crippen molar-refractivity contribution in [3.8, 4) is 28.5 Å². The highest BCUT2D eigenvalue weighted by molar-refractivity contribution is 5.94. The Bertz CT molecular complexity index is 1390. The molecule has 3 aromatic carbocycles. The van der Waals surface area contributed by atoms with Gasteiger partial charge in [0.1, 0.15) is 5.75 Å². The number of pyridine rings is 1. The van der Waals surface area contributed by atoms with Gasteiger partial charge in [0.05, 0.1) is 6.54 Å². The van der Waals surface area contributed by atoms with Crippen molar-refractivity contribution in [3.05, 3.63) is 108 Å². The number of fused-ring (bicyclic) bond motifs is 1. The first-order valence-electron chi connectivity index (χ1n) is 10.3. The predicted molar refractivity (Wildman–Crippen MR) is 124 cm³/mol. The molecule has 0 spiro atoms. The summed E-state index contributed by atoms with van der Waals surface area (Å²) >= 11 is 0. The van der Waals surface area contributed by atoms with E-state index in [9.17, 15) is 9.50 Å². The van der Waals surface area contributed by atoms with Crippen LogP contribution >= 0.6 is 0 Å². The summed E-state index contributed by atoms with van der Waals surface area (Å²) in [6.07, 6.45) is 5.55. The van der Waals surface area contributed by atoms with Crippen LogP contribution < -0.4 is 4.74 Å². The van der Waals surface area contributed by atoms with E-state index in [2.05, 4.69) is 17.1 Å². The number of benzene rings is 3. The summed E-state index contributed by atoms with van der Waals surface area (Å²) in [6.45, 7) is 2.50. The average molecular weight is 424 g/mol. The number of aryl methyl sites for hydroxylation is 1. The van der Waals surface area contributed by atoms with Gasteiger partial charge in [-0.25, -0.2) is 4.39 Å². The Balaban J connectivity index is 1.41. The molecule has 0 saturated carbocycles. The molecule has 1 N–H and O–H groups in total. The average Bonchev–Trinajstić information content (AvgIpc) is 3.12. The Hall–Kier alpha value is -4.12. The molecule has 0 aliphatic rings. The molecule has 32 heavy (non-hydrogen) atoms. The summed E-state index contributed by atoms with van der Waals surface area (Å²) in [4.78, 5) is 4.20. The van der Waals surface area contributed by atoms with Crippen molar-refractivity contribution >= 4 is 10.8 Å². The number of ether oxygens (including phenoxy) is 1. The first kappa shape index (κ1) is 19.8. The van der Waals surface area contributed by atoms with Gasteiger partial charge in [-0.1, -0.05) is 36.4 Å². The lowest BCUT2D eigenvalue weighted by Gasteiger charge is -2.09. The lowest BCUT2D eigenvalue weighted by atomic mass is 10.0. The van der Waals surface area contributed by atoms with Gasteiger partial charge in [-0.15, -0.1) is 0 Å². The van der Waals surface area contributed by atoms with Gasteiger partial charge in [0, 0.05) is 34.9 Å². The Morgan fingerprint density at radius 1 is 0.969 bits per heavy atom. The molecule has 0 radical (unpaired) electrons. The van der Waals surface area contributed by atoms with Gasteiger partial charge in [-0.2, -0.15) is 0 Å². The van der Waals surface area contributed by atoms with E-state index in [0.29, 0.717) is 12.3 Å². The number of hydrogen-bond donors (Lipinski definition) is 1. The lowest BCUT2D eigenvalue weighted by molar-refractivity contribution is 0.429. The number of hydrogen-bond acceptors (Lipinski definition) is 3. The van der Waals surface area contributed by atoms with Crippen LogP contribution in [0.5, 0.6) is 17.4 Å². The first-order chi connectivity index (χ1) is 15.6. The van der Waals surface area contributed by atoms with Gasteiger partial charge < -0.3 is 14.4 Å². The smallest absolute Gasteiger partial charge is 0.199 e. The van der Waals surface area contributed by atoms with Crippen molar-refractivity contribution in [1.29, 1.82) is 0 Å². The maximum atomic E-state index is 13.8. The summed E-state index contributed by atoms with van der Waals surface area (Å²) in [5.41, 5.74) is 4.10. The molecular formula is C27H21FN2O2. The van der Waals surface area contributed by atoms with Gasteiger partial charge in [-0.05, 0) is 60.0 Å². The van der Waals surface area contributed by atoms with E-state index in [0.717, 1.165) is 33.0 Å². The third-order valence-electron chi connectivity index (χ3n) is 5.49. The maximum Gasteiger partial charge on any atom is 0.199 e.